The average Bonchev–Trinajstić information content (AvgIpc) is 3.60. The third-order valence-corrected chi connectivity index (χ3v) is 14.8. The lowest BCUT2D eigenvalue weighted by atomic mass is 9.80. The number of ether oxygens (including phenoxy) is 8. The number of nitrogens with one attached hydrogen (secondary N) is 1. The van der Waals surface area contributed by atoms with Crippen LogP contribution in [-0.2, 0) is 43.1 Å². The van der Waals surface area contributed by atoms with E-state index in [2.05, 4.69) is 14.8 Å². The van der Waals surface area contributed by atoms with E-state index >= 15 is 0 Å². The summed E-state index contributed by atoms with van der Waals surface area (Å²) in [4.78, 5) is 45.9. The highest BCUT2D eigenvalue weighted by molar-refractivity contribution is 7.44. The van der Waals surface area contributed by atoms with Crippen molar-refractivity contribution in [2.75, 3.05) is 60.4 Å². The molecule has 410 valence electrons. The van der Waals surface area contributed by atoms with Crippen molar-refractivity contribution in [2.24, 2.45) is 0 Å². The largest absolute Gasteiger partial charge is 0.497 e. The molecule has 6 aromatic rings. The van der Waals surface area contributed by atoms with Crippen molar-refractivity contribution in [2.45, 2.75) is 76.0 Å². The summed E-state index contributed by atoms with van der Waals surface area (Å²) in [5.74, 6) is -0.550. The lowest BCUT2D eigenvalue weighted by molar-refractivity contribution is -0.279. The standard InChI is InChI=1S/C61H68N3O13P/c1-43(2)64(44(3)4)78(74-37-36-62-5)75-41-39-70-55-53(42-72-58(66)46-22-14-9-15-23-46)76-60(54(63-57(65)45-20-12-8-13-21-45)56(55)77-59(67)47-24-16-10-17-25-47)71-38-40-73-61(48-26-18-11-19-27-48,49-28-32-51(68-6)33-29-49)50-30-34-52(69-7)35-31-50/h8-35,43-44,53-56,60H,36-42H2,1-4,6-7H3,(H,63,65). The molecule has 1 saturated heterocycles. The molecule has 0 radical (unpaired) electrons. The fourth-order valence-electron chi connectivity index (χ4n) is 9.12. The van der Waals surface area contributed by atoms with Gasteiger partial charge in [0.25, 0.3) is 14.4 Å². The molecule has 1 heterocycles. The summed E-state index contributed by atoms with van der Waals surface area (Å²) in [6.45, 7) is 15.1. The second-order valence-corrected chi connectivity index (χ2v) is 20.0. The molecule has 16 nitrogen and oxygen atoms in total. The first kappa shape index (κ1) is 58.6. The van der Waals surface area contributed by atoms with Gasteiger partial charge in [-0.2, -0.15) is 0 Å². The Morgan fingerprint density at radius 1 is 0.603 bits per heavy atom. The number of hydrogen-bond acceptors (Lipinski definition) is 14. The van der Waals surface area contributed by atoms with Crippen molar-refractivity contribution in [3.8, 4) is 11.5 Å². The highest BCUT2D eigenvalue weighted by Gasteiger charge is 2.51. The molecule has 0 saturated carbocycles. The fraction of sp³-hybridized carbons (Fsp3) is 0.344. The quantitative estimate of drug-likeness (QED) is 0.0162. The van der Waals surface area contributed by atoms with Crippen molar-refractivity contribution < 1.29 is 61.3 Å². The van der Waals surface area contributed by atoms with Crippen LogP contribution in [0.1, 0.15) is 75.5 Å². The van der Waals surface area contributed by atoms with Crippen molar-refractivity contribution in [1.82, 2.24) is 9.99 Å². The van der Waals surface area contributed by atoms with E-state index in [0.29, 0.717) is 22.6 Å². The van der Waals surface area contributed by atoms with Gasteiger partial charge in [-0.05, 0) is 105 Å². The predicted octanol–water partition coefficient (Wildman–Crippen LogP) is 10.3. The zero-order valence-corrected chi connectivity index (χ0v) is 45.7. The lowest BCUT2D eigenvalue weighted by Gasteiger charge is -2.45. The van der Waals surface area contributed by atoms with Gasteiger partial charge in [-0.25, -0.2) is 20.8 Å². The van der Waals surface area contributed by atoms with Gasteiger partial charge in [-0.1, -0.05) is 109 Å². The monoisotopic (exact) mass is 1080 g/mol. The van der Waals surface area contributed by atoms with Crippen molar-refractivity contribution in [3.63, 3.8) is 0 Å². The van der Waals surface area contributed by atoms with Crippen LogP contribution in [0.2, 0.25) is 0 Å². The number of esters is 2. The van der Waals surface area contributed by atoms with Crippen LogP contribution in [0.5, 0.6) is 11.5 Å². The number of methoxy groups -OCH3 is 2. The first-order chi connectivity index (χ1) is 38.0. The minimum atomic E-state index is -1.65. The normalized spacial score (nSPS) is 17.7. The third kappa shape index (κ3) is 15.4. The molecule has 1 fully saturated rings. The number of rotatable bonds is 28. The maximum Gasteiger partial charge on any atom is 0.338 e. The molecule has 6 atom stereocenters. The number of carbonyl (C=O) groups excluding carboxylic acids is 3. The van der Waals surface area contributed by atoms with Gasteiger partial charge in [0.15, 0.2) is 12.4 Å². The summed E-state index contributed by atoms with van der Waals surface area (Å²) in [6, 6.07) is 49.4. The summed E-state index contributed by atoms with van der Waals surface area (Å²) in [7, 11) is 1.57. The molecule has 6 unspecified atom stereocenters. The fourth-order valence-corrected chi connectivity index (χ4v) is 10.7. The SMILES string of the molecule is [C-]#[N+]CCOP(OCCOC1C(COC(=O)c2ccccc2)OC(OCCOC(c2ccccc2)(c2ccc(OC)cc2)c2ccc(OC)cc2)C(NC(=O)c2ccccc2)C1OC(=O)c1ccccc1)N(C(C)C)C(C)C. The van der Waals surface area contributed by atoms with Crippen LogP contribution in [0.3, 0.4) is 0 Å². The van der Waals surface area contributed by atoms with Crippen LogP contribution in [0, 0.1) is 6.57 Å². The molecular formula is C61H68N3O13P. The topological polar surface area (TPSA) is 163 Å². The van der Waals surface area contributed by atoms with Crippen molar-refractivity contribution in [1.29, 1.82) is 0 Å². The highest BCUT2D eigenvalue weighted by Crippen LogP contribution is 2.46. The van der Waals surface area contributed by atoms with Crippen LogP contribution in [0.15, 0.2) is 170 Å². The van der Waals surface area contributed by atoms with Crippen LogP contribution in [-0.4, -0.2) is 126 Å². The Bertz CT molecular complexity index is 2750. The van der Waals surface area contributed by atoms with Gasteiger partial charge in [-0.15, -0.1) is 0 Å². The average molecular weight is 1080 g/mol. The summed E-state index contributed by atoms with van der Waals surface area (Å²) in [5, 5.41) is 3.07. The van der Waals surface area contributed by atoms with Gasteiger partial charge in [-0.3, -0.25) is 4.79 Å². The molecule has 78 heavy (non-hydrogen) atoms. The molecule has 1 aliphatic rings. The van der Waals surface area contributed by atoms with E-state index in [1.165, 1.54) is 0 Å². The highest BCUT2D eigenvalue weighted by atomic mass is 31.2. The first-order valence-electron chi connectivity index (χ1n) is 25.9. The van der Waals surface area contributed by atoms with E-state index in [1.54, 1.807) is 105 Å². The van der Waals surface area contributed by atoms with Crippen molar-refractivity contribution in [3.05, 3.63) is 215 Å². The molecule has 0 aromatic heterocycles. The Hall–Kier alpha value is -7.03. The van der Waals surface area contributed by atoms with Gasteiger partial charge in [0.05, 0.1) is 51.8 Å². The number of hydrogen-bond donors (Lipinski definition) is 1. The van der Waals surface area contributed by atoms with E-state index in [-0.39, 0.29) is 63.8 Å². The van der Waals surface area contributed by atoms with Crippen LogP contribution in [0.25, 0.3) is 4.85 Å². The zero-order valence-electron chi connectivity index (χ0n) is 44.8. The molecule has 1 N–H and O–H groups in total. The van der Waals surface area contributed by atoms with E-state index in [9.17, 15) is 14.4 Å². The minimum Gasteiger partial charge on any atom is -0.497 e. The Balaban J connectivity index is 1.26. The van der Waals surface area contributed by atoms with Crippen molar-refractivity contribution >= 4 is 26.4 Å². The number of amides is 1. The minimum absolute atomic E-state index is 0.00407. The summed E-state index contributed by atoms with van der Waals surface area (Å²) in [5.41, 5.74) is 2.05. The second kappa shape index (κ2) is 29.6. The number of carbonyl (C=O) groups is 3. The van der Waals surface area contributed by atoms with E-state index in [1.807, 2.05) is 107 Å². The Morgan fingerprint density at radius 3 is 1.62 bits per heavy atom. The van der Waals surface area contributed by atoms with E-state index < -0.39 is 62.6 Å². The summed E-state index contributed by atoms with van der Waals surface area (Å²) >= 11 is 0. The molecule has 0 bridgehead atoms. The van der Waals surface area contributed by atoms with E-state index in [4.69, 9.17) is 53.5 Å². The Labute approximate surface area is 458 Å². The molecule has 17 heteroatoms. The van der Waals surface area contributed by atoms with E-state index in [0.717, 1.165) is 16.7 Å². The summed E-state index contributed by atoms with van der Waals surface area (Å²) in [6.07, 6.45) is -5.08. The Morgan fingerprint density at radius 2 is 1.09 bits per heavy atom. The van der Waals surface area contributed by atoms with Gasteiger partial charge >= 0.3 is 11.9 Å². The Kier molecular flexibility index (Phi) is 22.3. The maximum atomic E-state index is 14.4. The molecule has 1 amide bonds. The predicted molar refractivity (Wildman–Crippen MR) is 295 cm³/mol. The smallest absolute Gasteiger partial charge is 0.338 e. The molecule has 0 spiro atoms. The third-order valence-electron chi connectivity index (χ3n) is 12.7. The first-order valence-corrected chi connectivity index (χ1v) is 27.0. The van der Waals surface area contributed by atoms with Gasteiger partial charge < -0.3 is 57.1 Å². The van der Waals surface area contributed by atoms with Gasteiger partial charge in [0, 0.05) is 17.6 Å². The van der Waals surface area contributed by atoms with Crippen LogP contribution < -0.4 is 14.8 Å². The maximum absolute atomic E-state index is 14.4. The lowest BCUT2D eigenvalue weighted by Crippen LogP contribution is -2.66. The molecule has 0 aliphatic carbocycles. The van der Waals surface area contributed by atoms with Crippen LogP contribution >= 0.6 is 8.53 Å². The summed E-state index contributed by atoms with van der Waals surface area (Å²) < 4.78 is 65.6. The zero-order chi connectivity index (χ0) is 55.3. The molecule has 6 aromatic carbocycles. The molecular weight excluding hydrogens is 1010 g/mol. The van der Waals surface area contributed by atoms with Gasteiger partial charge in [0.1, 0.15) is 48.6 Å². The second-order valence-electron chi connectivity index (χ2n) is 18.5. The van der Waals surface area contributed by atoms with Gasteiger partial charge in [0.2, 0.25) is 6.54 Å². The molecule has 7 rings (SSSR count). The number of benzene rings is 6. The van der Waals surface area contributed by atoms with Crippen LogP contribution in [0.4, 0.5) is 0 Å². The molecule has 1 aliphatic heterocycles. The number of nitrogens with zero attached hydrogens (tertiary/aromatic N) is 2.